The number of nitrogens with one attached hydrogen (secondary N) is 2. The lowest BCUT2D eigenvalue weighted by Crippen LogP contribution is -2.38. The lowest BCUT2D eigenvalue weighted by Gasteiger charge is -2.19. The molecule has 0 aliphatic rings. The predicted octanol–water partition coefficient (Wildman–Crippen LogP) is 3.76. The molecule has 1 aromatic heterocycles. The summed E-state index contributed by atoms with van der Waals surface area (Å²) in [7, 11) is 0. The van der Waals surface area contributed by atoms with Crippen molar-refractivity contribution in [1.29, 1.82) is 0 Å². The quantitative estimate of drug-likeness (QED) is 0.849. The van der Waals surface area contributed by atoms with Crippen molar-refractivity contribution in [3.8, 4) is 0 Å². The molecular weight excluding hydrogens is 308 g/mol. The van der Waals surface area contributed by atoms with Gasteiger partial charge in [-0.25, -0.2) is 18.6 Å². The van der Waals surface area contributed by atoms with Crippen molar-refractivity contribution in [3.63, 3.8) is 0 Å². The monoisotopic (exact) mass is 325 g/mol. The first-order valence-electron chi connectivity index (χ1n) is 6.96. The fraction of sp³-hybridized carbons (Fsp3) is 0.333. The number of carbonyl (C=O) groups excluding carboxylic acids is 1. The standard InChI is InChI=1S/C15H17F2N3OS/c1-2-3-14(12-5-4-10(16)6-13(12)17)20-15(21)18-7-11-8-22-9-19-11/h4-6,8-9,14H,2-3,7H2,1H3,(H2,18,20,21)/t14-/m0/s1. The Morgan fingerprint density at radius 3 is 2.86 bits per heavy atom. The van der Waals surface area contributed by atoms with Crippen molar-refractivity contribution < 1.29 is 13.6 Å². The van der Waals surface area contributed by atoms with Gasteiger partial charge in [0.25, 0.3) is 0 Å². The van der Waals surface area contributed by atoms with E-state index in [2.05, 4.69) is 15.6 Å². The van der Waals surface area contributed by atoms with Crippen LogP contribution in [0.2, 0.25) is 0 Å². The van der Waals surface area contributed by atoms with Crippen molar-refractivity contribution in [3.05, 3.63) is 52.0 Å². The van der Waals surface area contributed by atoms with Gasteiger partial charge in [0.05, 0.1) is 23.8 Å². The van der Waals surface area contributed by atoms with E-state index >= 15 is 0 Å². The van der Waals surface area contributed by atoms with Crippen LogP contribution in [-0.2, 0) is 6.54 Å². The lowest BCUT2D eigenvalue weighted by atomic mass is 10.0. The van der Waals surface area contributed by atoms with Crippen molar-refractivity contribution in [2.24, 2.45) is 0 Å². The van der Waals surface area contributed by atoms with Crippen LogP contribution in [-0.4, -0.2) is 11.0 Å². The zero-order chi connectivity index (χ0) is 15.9. The maximum Gasteiger partial charge on any atom is 0.315 e. The van der Waals surface area contributed by atoms with Crippen LogP contribution in [0.3, 0.4) is 0 Å². The van der Waals surface area contributed by atoms with Crippen LogP contribution < -0.4 is 10.6 Å². The van der Waals surface area contributed by atoms with E-state index in [4.69, 9.17) is 0 Å². The van der Waals surface area contributed by atoms with Crippen molar-refractivity contribution in [2.45, 2.75) is 32.4 Å². The molecule has 0 saturated heterocycles. The third-order valence-corrected chi connectivity index (χ3v) is 3.77. The minimum Gasteiger partial charge on any atom is -0.332 e. The first-order valence-corrected chi connectivity index (χ1v) is 7.90. The van der Waals surface area contributed by atoms with Crippen LogP contribution in [0.1, 0.15) is 37.1 Å². The molecule has 2 amide bonds. The highest BCUT2D eigenvalue weighted by molar-refractivity contribution is 7.07. The molecule has 0 fully saturated rings. The topological polar surface area (TPSA) is 54.0 Å². The number of halogens is 2. The van der Waals surface area contributed by atoms with Gasteiger partial charge in [0, 0.05) is 17.0 Å². The number of thiazole rings is 1. The Labute approximate surface area is 131 Å². The molecular formula is C15H17F2N3OS. The molecule has 4 nitrogen and oxygen atoms in total. The smallest absolute Gasteiger partial charge is 0.315 e. The minimum absolute atomic E-state index is 0.284. The Morgan fingerprint density at radius 2 is 2.23 bits per heavy atom. The Bertz CT molecular complexity index is 619. The Hall–Kier alpha value is -2.02. The molecule has 2 N–H and O–H groups in total. The molecule has 118 valence electrons. The van der Waals surface area contributed by atoms with E-state index in [1.54, 1.807) is 5.51 Å². The predicted molar refractivity (Wildman–Crippen MR) is 81.5 cm³/mol. The number of amides is 2. The normalized spacial score (nSPS) is 12.0. The van der Waals surface area contributed by atoms with Crippen molar-refractivity contribution >= 4 is 17.4 Å². The van der Waals surface area contributed by atoms with Gasteiger partial charge in [-0.1, -0.05) is 19.4 Å². The molecule has 1 atom stereocenters. The van der Waals surface area contributed by atoms with Crippen LogP contribution in [0.4, 0.5) is 13.6 Å². The van der Waals surface area contributed by atoms with Crippen LogP contribution in [0.5, 0.6) is 0 Å². The molecule has 0 radical (unpaired) electrons. The maximum atomic E-state index is 13.9. The maximum absolute atomic E-state index is 13.9. The van der Waals surface area contributed by atoms with Crippen molar-refractivity contribution in [2.75, 3.05) is 0 Å². The summed E-state index contributed by atoms with van der Waals surface area (Å²) in [6.07, 6.45) is 1.32. The van der Waals surface area contributed by atoms with E-state index in [1.165, 1.54) is 23.5 Å². The highest BCUT2D eigenvalue weighted by Gasteiger charge is 2.18. The van der Waals surface area contributed by atoms with E-state index in [1.807, 2.05) is 12.3 Å². The van der Waals surface area contributed by atoms with Gasteiger partial charge in [-0.3, -0.25) is 0 Å². The van der Waals surface area contributed by atoms with Crippen molar-refractivity contribution in [1.82, 2.24) is 15.6 Å². The highest BCUT2D eigenvalue weighted by Crippen LogP contribution is 2.22. The molecule has 0 bridgehead atoms. The third-order valence-electron chi connectivity index (χ3n) is 3.13. The summed E-state index contributed by atoms with van der Waals surface area (Å²) in [5.41, 5.74) is 2.73. The molecule has 0 aliphatic heterocycles. The fourth-order valence-electron chi connectivity index (χ4n) is 2.08. The Morgan fingerprint density at radius 1 is 1.41 bits per heavy atom. The summed E-state index contributed by atoms with van der Waals surface area (Å²) in [6.45, 7) is 2.24. The molecule has 1 aromatic carbocycles. The van der Waals surface area contributed by atoms with Gasteiger partial charge in [0.15, 0.2) is 0 Å². The SMILES string of the molecule is CCC[C@H](NC(=O)NCc1cscn1)c1ccc(F)cc1F. The first-order chi connectivity index (χ1) is 10.6. The third kappa shape index (κ3) is 4.49. The van der Waals surface area contributed by atoms with Crippen LogP contribution >= 0.6 is 11.3 Å². The number of rotatable bonds is 6. The van der Waals surface area contributed by atoms with Gasteiger partial charge in [0.2, 0.25) is 0 Å². The summed E-state index contributed by atoms with van der Waals surface area (Å²) >= 11 is 1.45. The first kappa shape index (κ1) is 16.4. The van der Waals surface area contributed by atoms with E-state index in [0.29, 0.717) is 13.0 Å². The molecule has 0 spiro atoms. The molecule has 0 saturated carbocycles. The molecule has 22 heavy (non-hydrogen) atoms. The number of urea groups is 1. The van der Waals surface area contributed by atoms with Gasteiger partial charge in [-0.05, 0) is 12.5 Å². The zero-order valence-corrected chi connectivity index (χ0v) is 12.9. The van der Waals surface area contributed by atoms with E-state index in [-0.39, 0.29) is 5.56 Å². The zero-order valence-electron chi connectivity index (χ0n) is 12.1. The number of hydrogen-bond acceptors (Lipinski definition) is 3. The minimum atomic E-state index is -0.654. The summed E-state index contributed by atoms with van der Waals surface area (Å²) in [6, 6.07) is 2.48. The van der Waals surface area contributed by atoms with Gasteiger partial charge >= 0.3 is 6.03 Å². The van der Waals surface area contributed by atoms with Gasteiger partial charge in [-0.15, -0.1) is 11.3 Å². The average Bonchev–Trinajstić information content (AvgIpc) is 2.98. The number of nitrogens with zero attached hydrogens (tertiary/aromatic N) is 1. The number of benzene rings is 1. The fourth-order valence-corrected chi connectivity index (χ4v) is 2.64. The molecule has 0 unspecified atom stereocenters. The second kappa shape index (κ2) is 7.84. The van der Waals surface area contributed by atoms with E-state index < -0.39 is 23.7 Å². The summed E-state index contributed by atoms with van der Waals surface area (Å²) in [5, 5.41) is 7.23. The van der Waals surface area contributed by atoms with Gasteiger partial charge in [-0.2, -0.15) is 0 Å². The summed E-state index contributed by atoms with van der Waals surface area (Å²) in [4.78, 5) is 16.0. The van der Waals surface area contributed by atoms with Crippen LogP contribution in [0, 0.1) is 11.6 Å². The second-order valence-electron chi connectivity index (χ2n) is 4.81. The summed E-state index contributed by atoms with van der Waals surface area (Å²) in [5.74, 6) is -1.29. The number of carbonyl (C=O) groups is 1. The van der Waals surface area contributed by atoms with Crippen LogP contribution in [0.15, 0.2) is 29.1 Å². The number of aromatic nitrogens is 1. The highest BCUT2D eigenvalue weighted by atomic mass is 32.1. The van der Waals surface area contributed by atoms with E-state index in [9.17, 15) is 13.6 Å². The molecule has 7 heteroatoms. The second-order valence-corrected chi connectivity index (χ2v) is 5.53. The van der Waals surface area contributed by atoms with E-state index in [0.717, 1.165) is 18.2 Å². The van der Waals surface area contributed by atoms with Crippen LogP contribution in [0.25, 0.3) is 0 Å². The Kier molecular flexibility index (Phi) is 5.83. The molecule has 2 rings (SSSR count). The van der Waals surface area contributed by atoms with Gasteiger partial charge < -0.3 is 10.6 Å². The molecule has 2 aromatic rings. The summed E-state index contributed by atoms with van der Waals surface area (Å²) < 4.78 is 26.9. The molecule has 0 aliphatic carbocycles. The average molecular weight is 325 g/mol. The molecule has 1 heterocycles. The Balaban J connectivity index is 1.99. The lowest BCUT2D eigenvalue weighted by molar-refractivity contribution is 0.235. The van der Waals surface area contributed by atoms with Gasteiger partial charge in [0.1, 0.15) is 11.6 Å². The largest absolute Gasteiger partial charge is 0.332 e. The number of hydrogen-bond donors (Lipinski definition) is 2.